The third-order valence-electron chi connectivity index (χ3n) is 3.04. The van der Waals surface area contributed by atoms with Crippen molar-refractivity contribution in [2.45, 2.75) is 26.3 Å². The van der Waals surface area contributed by atoms with Gasteiger partial charge in [-0.25, -0.2) is 0 Å². The van der Waals surface area contributed by atoms with Gasteiger partial charge in [0.25, 0.3) is 0 Å². The zero-order chi connectivity index (χ0) is 11.5. The number of hydrogen-bond donors (Lipinski definition) is 0. The molecule has 0 N–H and O–H groups in total. The number of carbonyl (C=O) groups excluding carboxylic acids is 1. The average molecular weight is 239 g/mol. The largest absolute Gasteiger partial charge is 0.465 e. The molecule has 0 radical (unpaired) electrons. The Balaban J connectivity index is 2.01. The van der Waals surface area contributed by atoms with E-state index in [1.165, 1.54) is 10.4 Å². The Morgan fingerprint density at radius 3 is 3.25 bits per heavy atom. The molecule has 0 aliphatic carbocycles. The monoisotopic (exact) mass is 239 g/mol. The molecule has 0 amide bonds. The first-order chi connectivity index (χ1) is 7.72. The summed E-state index contributed by atoms with van der Waals surface area (Å²) in [6.45, 7) is 5.82. The van der Waals surface area contributed by atoms with Crippen molar-refractivity contribution in [2.75, 3.05) is 19.7 Å². The van der Waals surface area contributed by atoms with E-state index in [0.717, 1.165) is 13.0 Å². The Hall–Kier alpha value is -0.870. The number of thiophene rings is 1. The lowest BCUT2D eigenvalue weighted by molar-refractivity contribution is -0.145. The summed E-state index contributed by atoms with van der Waals surface area (Å²) in [4.78, 5) is 15.1. The van der Waals surface area contributed by atoms with E-state index in [-0.39, 0.29) is 5.97 Å². The molecule has 1 unspecified atom stereocenters. The third kappa shape index (κ3) is 2.28. The van der Waals surface area contributed by atoms with Crippen LogP contribution in [0, 0.1) is 0 Å². The van der Waals surface area contributed by atoms with Crippen LogP contribution in [0.3, 0.4) is 0 Å². The van der Waals surface area contributed by atoms with Gasteiger partial charge in [-0.1, -0.05) is 0 Å². The quantitative estimate of drug-likeness (QED) is 0.758. The van der Waals surface area contributed by atoms with Crippen LogP contribution in [0.2, 0.25) is 0 Å². The summed E-state index contributed by atoms with van der Waals surface area (Å²) in [6, 6.07) is 2.50. The van der Waals surface area contributed by atoms with Crippen molar-refractivity contribution in [3.8, 4) is 0 Å². The van der Waals surface area contributed by atoms with Gasteiger partial charge in [-0.15, -0.1) is 11.3 Å². The molecule has 0 saturated carbocycles. The molecular weight excluding hydrogens is 222 g/mol. The first-order valence-corrected chi connectivity index (χ1v) is 6.56. The third-order valence-corrected chi connectivity index (χ3v) is 4.04. The molecule has 0 aromatic carbocycles. The molecule has 1 aliphatic rings. The minimum atomic E-state index is -0.118. The van der Waals surface area contributed by atoms with Crippen molar-refractivity contribution in [3.63, 3.8) is 0 Å². The number of carbonyl (C=O) groups is 1. The molecule has 4 heteroatoms. The van der Waals surface area contributed by atoms with Crippen LogP contribution in [0.15, 0.2) is 11.4 Å². The first kappa shape index (κ1) is 11.6. The topological polar surface area (TPSA) is 29.5 Å². The number of fused-ring (bicyclic) bond motifs is 1. The van der Waals surface area contributed by atoms with E-state index in [4.69, 9.17) is 4.74 Å². The number of rotatable bonds is 3. The second-order valence-electron chi connectivity index (χ2n) is 4.00. The molecule has 0 saturated heterocycles. The van der Waals surface area contributed by atoms with Gasteiger partial charge in [-0.05, 0) is 37.3 Å². The van der Waals surface area contributed by atoms with Crippen molar-refractivity contribution in [1.82, 2.24) is 4.90 Å². The van der Waals surface area contributed by atoms with Crippen LogP contribution in [0.4, 0.5) is 0 Å². The highest BCUT2D eigenvalue weighted by molar-refractivity contribution is 7.10. The Bertz CT molecular complexity index is 375. The predicted octanol–water partition coefficient (Wildman–Crippen LogP) is 2.23. The predicted molar refractivity (Wildman–Crippen MR) is 64.6 cm³/mol. The van der Waals surface area contributed by atoms with Gasteiger partial charge in [0.05, 0.1) is 13.2 Å². The molecule has 2 rings (SSSR count). The number of nitrogens with zero attached hydrogens (tertiary/aromatic N) is 1. The SMILES string of the molecule is CCOC(=O)CN1CCc2sccc2C1C. The van der Waals surface area contributed by atoms with Gasteiger partial charge in [-0.2, -0.15) is 0 Å². The molecule has 0 spiro atoms. The fourth-order valence-corrected chi connectivity index (χ4v) is 3.11. The van der Waals surface area contributed by atoms with Gasteiger partial charge < -0.3 is 4.74 Å². The molecule has 1 atom stereocenters. The maximum Gasteiger partial charge on any atom is 0.320 e. The van der Waals surface area contributed by atoms with Crippen LogP contribution >= 0.6 is 11.3 Å². The lowest BCUT2D eigenvalue weighted by atomic mass is 10.0. The maximum atomic E-state index is 11.4. The summed E-state index contributed by atoms with van der Waals surface area (Å²) in [5.74, 6) is -0.118. The van der Waals surface area contributed by atoms with Crippen molar-refractivity contribution in [1.29, 1.82) is 0 Å². The minimum Gasteiger partial charge on any atom is -0.465 e. The lowest BCUT2D eigenvalue weighted by Gasteiger charge is -2.32. The molecule has 0 bridgehead atoms. The second-order valence-corrected chi connectivity index (χ2v) is 5.00. The normalized spacial score (nSPS) is 20.5. The fourth-order valence-electron chi connectivity index (χ4n) is 2.15. The van der Waals surface area contributed by atoms with Gasteiger partial charge in [-0.3, -0.25) is 9.69 Å². The van der Waals surface area contributed by atoms with Crippen molar-refractivity contribution >= 4 is 17.3 Å². The number of ether oxygens (including phenoxy) is 1. The second kappa shape index (κ2) is 4.97. The van der Waals surface area contributed by atoms with E-state index >= 15 is 0 Å². The summed E-state index contributed by atoms with van der Waals surface area (Å²) in [6.07, 6.45) is 1.05. The summed E-state index contributed by atoms with van der Waals surface area (Å²) in [5, 5.41) is 2.13. The summed E-state index contributed by atoms with van der Waals surface area (Å²) in [7, 11) is 0. The average Bonchev–Trinajstić information content (AvgIpc) is 2.71. The van der Waals surface area contributed by atoms with Crippen LogP contribution in [-0.2, 0) is 16.0 Å². The molecule has 16 heavy (non-hydrogen) atoms. The molecule has 1 aliphatic heterocycles. The number of esters is 1. The lowest BCUT2D eigenvalue weighted by Crippen LogP contribution is -2.37. The smallest absolute Gasteiger partial charge is 0.320 e. The van der Waals surface area contributed by atoms with Crippen LogP contribution in [-0.4, -0.2) is 30.6 Å². The van der Waals surface area contributed by atoms with Gasteiger partial charge in [0.1, 0.15) is 0 Å². The summed E-state index contributed by atoms with van der Waals surface area (Å²) >= 11 is 1.82. The Morgan fingerprint density at radius 2 is 2.50 bits per heavy atom. The zero-order valence-corrected chi connectivity index (χ0v) is 10.5. The van der Waals surface area contributed by atoms with E-state index in [0.29, 0.717) is 19.2 Å². The van der Waals surface area contributed by atoms with Gasteiger partial charge in [0, 0.05) is 17.5 Å². The van der Waals surface area contributed by atoms with E-state index in [2.05, 4.69) is 23.3 Å². The molecular formula is C12H17NO2S. The Morgan fingerprint density at radius 1 is 1.69 bits per heavy atom. The van der Waals surface area contributed by atoms with Crippen molar-refractivity contribution in [2.24, 2.45) is 0 Å². The van der Waals surface area contributed by atoms with Crippen LogP contribution < -0.4 is 0 Å². The van der Waals surface area contributed by atoms with E-state index in [1.54, 1.807) is 0 Å². The van der Waals surface area contributed by atoms with E-state index in [9.17, 15) is 4.79 Å². The van der Waals surface area contributed by atoms with Gasteiger partial charge >= 0.3 is 5.97 Å². The Labute approximate surface area is 100 Å². The van der Waals surface area contributed by atoms with Crippen molar-refractivity contribution in [3.05, 3.63) is 21.9 Å². The zero-order valence-electron chi connectivity index (χ0n) is 9.73. The van der Waals surface area contributed by atoms with E-state index < -0.39 is 0 Å². The van der Waals surface area contributed by atoms with Gasteiger partial charge in [0.2, 0.25) is 0 Å². The molecule has 1 aromatic heterocycles. The van der Waals surface area contributed by atoms with Crippen molar-refractivity contribution < 1.29 is 9.53 Å². The summed E-state index contributed by atoms with van der Waals surface area (Å²) < 4.78 is 4.98. The molecule has 1 aromatic rings. The highest BCUT2D eigenvalue weighted by Crippen LogP contribution is 2.32. The molecule has 3 nitrogen and oxygen atoms in total. The fraction of sp³-hybridized carbons (Fsp3) is 0.583. The van der Waals surface area contributed by atoms with Crippen LogP contribution in [0.5, 0.6) is 0 Å². The molecule has 2 heterocycles. The highest BCUT2D eigenvalue weighted by atomic mass is 32.1. The number of hydrogen-bond acceptors (Lipinski definition) is 4. The van der Waals surface area contributed by atoms with Gasteiger partial charge in [0.15, 0.2) is 0 Å². The minimum absolute atomic E-state index is 0.118. The first-order valence-electron chi connectivity index (χ1n) is 5.68. The van der Waals surface area contributed by atoms with Crippen LogP contribution in [0.1, 0.15) is 30.3 Å². The maximum absolute atomic E-state index is 11.4. The molecule has 88 valence electrons. The van der Waals surface area contributed by atoms with Crippen LogP contribution in [0.25, 0.3) is 0 Å². The highest BCUT2D eigenvalue weighted by Gasteiger charge is 2.26. The standard InChI is InChI=1S/C12H17NO2S/c1-3-15-12(14)8-13-6-4-11-10(9(13)2)5-7-16-11/h5,7,9H,3-4,6,8H2,1-2H3. The van der Waals surface area contributed by atoms with E-state index in [1.807, 2.05) is 18.3 Å². The Kier molecular flexibility index (Phi) is 3.61. The summed E-state index contributed by atoms with van der Waals surface area (Å²) in [5.41, 5.74) is 1.38. The molecule has 0 fully saturated rings.